The lowest BCUT2D eigenvalue weighted by molar-refractivity contribution is -0.109. The number of aldehydes is 1. The van der Waals surface area contributed by atoms with Crippen molar-refractivity contribution in [1.82, 2.24) is 4.98 Å². The summed E-state index contributed by atoms with van der Waals surface area (Å²) < 4.78 is 5.07. The molecule has 0 saturated heterocycles. The number of pyridine rings is 1. The van der Waals surface area contributed by atoms with E-state index in [-0.39, 0.29) is 11.8 Å². The molecule has 3 nitrogen and oxygen atoms in total. The number of hydrogen-bond acceptors (Lipinski definition) is 3. The van der Waals surface area contributed by atoms with Gasteiger partial charge in [0.1, 0.15) is 12.0 Å². The highest BCUT2D eigenvalue weighted by atomic mass is 16.5. The van der Waals surface area contributed by atoms with E-state index in [4.69, 9.17) is 4.74 Å². The van der Waals surface area contributed by atoms with Gasteiger partial charge in [-0.2, -0.15) is 0 Å². The highest BCUT2D eigenvalue weighted by Crippen LogP contribution is 2.22. The van der Waals surface area contributed by atoms with Crippen molar-refractivity contribution in [3.63, 3.8) is 0 Å². The first-order valence-electron chi connectivity index (χ1n) is 4.64. The van der Waals surface area contributed by atoms with Gasteiger partial charge in [-0.1, -0.05) is 13.8 Å². The third-order valence-corrected chi connectivity index (χ3v) is 2.19. The second kappa shape index (κ2) is 4.74. The summed E-state index contributed by atoms with van der Waals surface area (Å²) in [5.41, 5.74) is 0.773. The summed E-state index contributed by atoms with van der Waals surface area (Å²) in [5.74, 6) is 0.847. The van der Waals surface area contributed by atoms with Crippen molar-refractivity contribution in [2.24, 2.45) is 5.92 Å². The maximum atomic E-state index is 10.9. The summed E-state index contributed by atoms with van der Waals surface area (Å²) in [5, 5.41) is 0. The fourth-order valence-corrected chi connectivity index (χ4v) is 1.31. The van der Waals surface area contributed by atoms with Gasteiger partial charge in [-0.15, -0.1) is 0 Å². The Bertz CT molecular complexity index is 310. The number of nitrogens with zero attached hydrogens (tertiary/aromatic N) is 1. The van der Waals surface area contributed by atoms with Gasteiger partial charge in [0.15, 0.2) is 0 Å². The number of aromatic nitrogens is 1. The largest absolute Gasteiger partial charge is 0.497 e. The molecule has 0 bridgehead atoms. The number of methoxy groups -OCH3 is 1. The lowest BCUT2D eigenvalue weighted by Crippen LogP contribution is -2.09. The first-order chi connectivity index (χ1) is 6.69. The van der Waals surface area contributed by atoms with Gasteiger partial charge >= 0.3 is 0 Å². The molecule has 76 valence electrons. The molecule has 0 N–H and O–H groups in total. The molecule has 1 aromatic rings. The molecule has 0 radical (unpaired) electrons. The second-order valence-corrected chi connectivity index (χ2v) is 3.53. The van der Waals surface area contributed by atoms with Gasteiger partial charge in [0.2, 0.25) is 0 Å². The zero-order chi connectivity index (χ0) is 10.6. The van der Waals surface area contributed by atoms with E-state index in [1.54, 1.807) is 25.4 Å². The van der Waals surface area contributed by atoms with Crippen molar-refractivity contribution < 1.29 is 9.53 Å². The SMILES string of the molecule is COc1ccnc(C(C=O)C(C)C)c1. The average Bonchev–Trinajstić information content (AvgIpc) is 2.19. The number of carbonyl (C=O) groups is 1. The molecule has 0 fully saturated rings. The van der Waals surface area contributed by atoms with Crippen LogP contribution >= 0.6 is 0 Å². The molecule has 0 spiro atoms. The van der Waals surface area contributed by atoms with Crippen LogP contribution in [-0.4, -0.2) is 18.4 Å². The summed E-state index contributed by atoms with van der Waals surface area (Å²) in [6.07, 6.45) is 2.60. The van der Waals surface area contributed by atoms with Crippen LogP contribution in [0.5, 0.6) is 5.75 Å². The zero-order valence-electron chi connectivity index (χ0n) is 8.73. The number of rotatable bonds is 4. The maximum absolute atomic E-state index is 10.9. The Morgan fingerprint density at radius 1 is 1.50 bits per heavy atom. The topological polar surface area (TPSA) is 39.2 Å². The first kappa shape index (κ1) is 10.7. The molecule has 3 heteroatoms. The Morgan fingerprint density at radius 3 is 2.71 bits per heavy atom. The fourth-order valence-electron chi connectivity index (χ4n) is 1.31. The van der Waals surface area contributed by atoms with E-state index >= 15 is 0 Å². The molecule has 0 amide bonds. The Balaban J connectivity index is 2.98. The fraction of sp³-hybridized carbons (Fsp3) is 0.455. The highest BCUT2D eigenvalue weighted by Gasteiger charge is 2.16. The van der Waals surface area contributed by atoms with E-state index in [0.29, 0.717) is 0 Å². The first-order valence-corrected chi connectivity index (χ1v) is 4.64. The third-order valence-electron chi connectivity index (χ3n) is 2.19. The Labute approximate surface area is 84.1 Å². The minimum absolute atomic E-state index is 0.148. The molecule has 14 heavy (non-hydrogen) atoms. The predicted molar refractivity (Wildman–Crippen MR) is 54.4 cm³/mol. The van der Waals surface area contributed by atoms with Gasteiger partial charge in [0, 0.05) is 12.3 Å². The average molecular weight is 193 g/mol. The molecule has 1 unspecified atom stereocenters. The molecule has 1 atom stereocenters. The lowest BCUT2D eigenvalue weighted by Gasteiger charge is -2.13. The van der Waals surface area contributed by atoms with E-state index in [0.717, 1.165) is 17.7 Å². The van der Waals surface area contributed by atoms with Crippen molar-refractivity contribution in [2.75, 3.05) is 7.11 Å². The van der Waals surface area contributed by atoms with Crippen molar-refractivity contribution in [3.8, 4) is 5.75 Å². The summed E-state index contributed by atoms with van der Waals surface area (Å²) in [6.45, 7) is 4.00. The van der Waals surface area contributed by atoms with Gasteiger partial charge in [0.05, 0.1) is 18.7 Å². The number of carbonyl (C=O) groups excluding carboxylic acids is 1. The Hall–Kier alpha value is -1.38. The van der Waals surface area contributed by atoms with Crippen molar-refractivity contribution in [1.29, 1.82) is 0 Å². The quantitative estimate of drug-likeness (QED) is 0.687. The normalized spacial score (nSPS) is 12.6. The van der Waals surface area contributed by atoms with E-state index in [1.807, 2.05) is 13.8 Å². The van der Waals surface area contributed by atoms with E-state index in [1.165, 1.54) is 0 Å². The predicted octanol–water partition coefficient (Wildman–Crippen LogP) is 2.03. The van der Waals surface area contributed by atoms with E-state index in [2.05, 4.69) is 4.98 Å². The van der Waals surface area contributed by atoms with E-state index < -0.39 is 0 Å². The Morgan fingerprint density at radius 2 is 2.21 bits per heavy atom. The lowest BCUT2D eigenvalue weighted by atomic mass is 9.93. The van der Waals surface area contributed by atoms with Crippen LogP contribution in [0.3, 0.4) is 0 Å². The van der Waals surface area contributed by atoms with Crippen LogP contribution in [0.2, 0.25) is 0 Å². The van der Waals surface area contributed by atoms with Crippen LogP contribution < -0.4 is 4.74 Å². The summed E-state index contributed by atoms with van der Waals surface area (Å²) >= 11 is 0. The minimum Gasteiger partial charge on any atom is -0.497 e. The van der Waals surface area contributed by atoms with Gasteiger partial charge in [-0.25, -0.2) is 0 Å². The molecule has 0 aliphatic carbocycles. The number of ether oxygens (including phenoxy) is 1. The summed E-state index contributed by atoms with van der Waals surface area (Å²) in [4.78, 5) is 15.0. The highest BCUT2D eigenvalue weighted by molar-refractivity contribution is 5.61. The third kappa shape index (κ3) is 2.31. The van der Waals surface area contributed by atoms with Crippen LogP contribution in [0.4, 0.5) is 0 Å². The van der Waals surface area contributed by atoms with E-state index in [9.17, 15) is 4.79 Å². The molecular weight excluding hydrogens is 178 g/mol. The van der Waals surface area contributed by atoms with Crippen LogP contribution in [0.15, 0.2) is 18.3 Å². The van der Waals surface area contributed by atoms with Crippen LogP contribution in [0.1, 0.15) is 25.5 Å². The maximum Gasteiger partial charge on any atom is 0.129 e. The number of hydrogen-bond donors (Lipinski definition) is 0. The summed E-state index contributed by atoms with van der Waals surface area (Å²) in [7, 11) is 1.60. The van der Waals surface area contributed by atoms with Gasteiger partial charge in [0.25, 0.3) is 0 Å². The van der Waals surface area contributed by atoms with Crippen LogP contribution in [-0.2, 0) is 4.79 Å². The van der Waals surface area contributed by atoms with Crippen molar-refractivity contribution >= 4 is 6.29 Å². The summed E-state index contributed by atoms with van der Waals surface area (Å²) in [6, 6.07) is 3.57. The second-order valence-electron chi connectivity index (χ2n) is 3.53. The zero-order valence-corrected chi connectivity index (χ0v) is 8.73. The molecule has 1 heterocycles. The molecular formula is C11H15NO2. The van der Waals surface area contributed by atoms with Gasteiger partial charge in [-0.3, -0.25) is 4.98 Å². The minimum atomic E-state index is -0.148. The molecule has 0 aliphatic rings. The molecule has 0 aliphatic heterocycles. The molecule has 0 aromatic carbocycles. The van der Waals surface area contributed by atoms with Gasteiger partial charge in [-0.05, 0) is 12.0 Å². The van der Waals surface area contributed by atoms with Crippen molar-refractivity contribution in [3.05, 3.63) is 24.0 Å². The monoisotopic (exact) mass is 193 g/mol. The standard InChI is InChI=1S/C11H15NO2/c1-8(2)10(7-13)11-6-9(14-3)4-5-12-11/h4-8,10H,1-3H3. The molecule has 0 saturated carbocycles. The Kier molecular flexibility index (Phi) is 3.63. The van der Waals surface area contributed by atoms with Gasteiger partial charge < -0.3 is 9.53 Å². The molecule has 1 aromatic heterocycles. The van der Waals surface area contributed by atoms with Crippen LogP contribution in [0, 0.1) is 5.92 Å². The van der Waals surface area contributed by atoms with Crippen molar-refractivity contribution in [2.45, 2.75) is 19.8 Å². The molecule has 1 rings (SSSR count). The smallest absolute Gasteiger partial charge is 0.129 e. The van der Waals surface area contributed by atoms with Crippen LogP contribution in [0.25, 0.3) is 0 Å².